The van der Waals surface area contributed by atoms with E-state index in [9.17, 15) is 4.79 Å². The van der Waals surface area contributed by atoms with Gasteiger partial charge in [0.2, 0.25) is 5.91 Å². The van der Waals surface area contributed by atoms with Crippen molar-refractivity contribution in [2.24, 2.45) is 11.8 Å². The van der Waals surface area contributed by atoms with Crippen molar-refractivity contribution in [2.45, 2.75) is 39.7 Å². The molecule has 1 amide bonds. The van der Waals surface area contributed by atoms with E-state index in [0.717, 1.165) is 26.0 Å². The fraction of sp³-hybridized carbons (Fsp3) is 0.917. The van der Waals surface area contributed by atoms with E-state index in [2.05, 4.69) is 20.8 Å². The van der Waals surface area contributed by atoms with Gasteiger partial charge in [-0.3, -0.25) is 4.79 Å². The number of methoxy groups -OCH3 is 1. The van der Waals surface area contributed by atoms with Gasteiger partial charge in [0.15, 0.2) is 0 Å². The Labute approximate surface area is 92.8 Å². The summed E-state index contributed by atoms with van der Waals surface area (Å²) in [6.07, 6.45) is 1.83. The van der Waals surface area contributed by atoms with E-state index in [1.807, 2.05) is 4.90 Å². The van der Waals surface area contributed by atoms with Crippen LogP contribution >= 0.6 is 0 Å². The Bertz CT molecular complexity index is 216. The van der Waals surface area contributed by atoms with Gasteiger partial charge in [-0.1, -0.05) is 6.92 Å². The van der Waals surface area contributed by atoms with Gasteiger partial charge in [-0.15, -0.1) is 0 Å². The van der Waals surface area contributed by atoms with Crippen molar-refractivity contribution in [1.82, 2.24) is 4.90 Å². The van der Waals surface area contributed by atoms with Gasteiger partial charge in [0.05, 0.1) is 0 Å². The third-order valence-electron chi connectivity index (χ3n) is 3.05. The minimum Gasteiger partial charge on any atom is -0.384 e. The maximum atomic E-state index is 11.7. The maximum absolute atomic E-state index is 11.7. The summed E-state index contributed by atoms with van der Waals surface area (Å²) in [7, 11) is 1.73. The van der Waals surface area contributed by atoms with Crippen molar-refractivity contribution in [2.75, 3.05) is 20.3 Å². The summed E-state index contributed by atoms with van der Waals surface area (Å²) in [6, 6.07) is 0.347. The first-order valence-corrected chi connectivity index (χ1v) is 5.83. The Morgan fingerprint density at radius 3 is 2.60 bits per heavy atom. The van der Waals surface area contributed by atoms with Gasteiger partial charge in [-0.05, 0) is 32.1 Å². The summed E-state index contributed by atoms with van der Waals surface area (Å²) in [5.41, 5.74) is 0. The quantitative estimate of drug-likeness (QED) is 0.698. The molecule has 0 spiro atoms. The molecule has 1 heterocycles. The maximum Gasteiger partial charge on any atom is 0.223 e. The first kappa shape index (κ1) is 12.5. The highest BCUT2D eigenvalue weighted by Gasteiger charge is 2.31. The Kier molecular flexibility index (Phi) is 4.58. The van der Waals surface area contributed by atoms with Gasteiger partial charge in [-0.2, -0.15) is 0 Å². The van der Waals surface area contributed by atoms with Crippen LogP contribution in [0.5, 0.6) is 0 Å². The zero-order valence-corrected chi connectivity index (χ0v) is 10.3. The molecule has 1 rings (SSSR count). The molecule has 1 aliphatic heterocycles. The minimum atomic E-state index is 0.319. The molecule has 1 aliphatic rings. The van der Waals surface area contributed by atoms with Gasteiger partial charge in [-0.25, -0.2) is 0 Å². The summed E-state index contributed by atoms with van der Waals surface area (Å²) < 4.78 is 5.12. The van der Waals surface area contributed by atoms with Crippen LogP contribution in [0.15, 0.2) is 0 Å². The van der Waals surface area contributed by atoms with E-state index >= 15 is 0 Å². The van der Waals surface area contributed by atoms with E-state index < -0.39 is 0 Å². The standard InChI is InChI=1S/C12H23NO2/c1-9(2)13-7-11(6-12(13)14)5-10(3)8-15-4/h9-11H,5-8H2,1-4H3/t10?,11-/m0/s1. The van der Waals surface area contributed by atoms with E-state index in [1.54, 1.807) is 7.11 Å². The summed E-state index contributed by atoms with van der Waals surface area (Å²) in [4.78, 5) is 13.7. The lowest BCUT2D eigenvalue weighted by Crippen LogP contribution is -2.32. The summed E-state index contributed by atoms with van der Waals surface area (Å²) in [6.45, 7) is 8.08. The number of carbonyl (C=O) groups excluding carboxylic acids is 1. The number of hydrogen-bond donors (Lipinski definition) is 0. The smallest absolute Gasteiger partial charge is 0.223 e. The first-order valence-electron chi connectivity index (χ1n) is 5.83. The van der Waals surface area contributed by atoms with Gasteiger partial charge in [0, 0.05) is 32.7 Å². The molecule has 88 valence electrons. The van der Waals surface area contributed by atoms with Crippen molar-refractivity contribution in [3.63, 3.8) is 0 Å². The van der Waals surface area contributed by atoms with Crippen molar-refractivity contribution in [3.8, 4) is 0 Å². The summed E-state index contributed by atoms with van der Waals surface area (Å²) in [5, 5.41) is 0. The Morgan fingerprint density at radius 2 is 2.13 bits per heavy atom. The first-order chi connectivity index (χ1) is 7.04. The van der Waals surface area contributed by atoms with Gasteiger partial charge in [0.25, 0.3) is 0 Å². The number of rotatable bonds is 5. The molecule has 3 nitrogen and oxygen atoms in total. The highest BCUT2D eigenvalue weighted by atomic mass is 16.5. The minimum absolute atomic E-state index is 0.319. The lowest BCUT2D eigenvalue weighted by atomic mass is 9.95. The number of likely N-dealkylation sites (tertiary alicyclic amines) is 1. The Morgan fingerprint density at radius 1 is 1.47 bits per heavy atom. The fourth-order valence-electron chi connectivity index (χ4n) is 2.39. The lowest BCUT2D eigenvalue weighted by molar-refractivity contribution is -0.129. The molecular weight excluding hydrogens is 190 g/mol. The molecule has 1 fully saturated rings. The topological polar surface area (TPSA) is 29.5 Å². The van der Waals surface area contributed by atoms with Crippen LogP contribution in [0.3, 0.4) is 0 Å². The fourth-order valence-corrected chi connectivity index (χ4v) is 2.39. The van der Waals surface area contributed by atoms with Crippen molar-refractivity contribution in [1.29, 1.82) is 0 Å². The van der Waals surface area contributed by atoms with Crippen LogP contribution in [0, 0.1) is 11.8 Å². The summed E-state index contributed by atoms with van der Waals surface area (Å²) in [5.74, 6) is 1.41. The van der Waals surface area contributed by atoms with Gasteiger partial charge >= 0.3 is 0 Å². The number of hydrogen-bond acceptors (Lipinski definition) is 2. The number of ether oxygens (including phenoxy) is 1. The average Bonchev–Trinajstić information content (AvgIpc) is 2.47. The molecule has 1 saturated heterocycles. The number of carbonyl (C=O) groups is 1. The molecule has 2 atom stereocenters. The van der Waals surface area contributed by atoms with E-state index in [4.69, 9.17) is 4.74 Å². The van der Waals surface area contributed by atoms with E-state index in [-0.39, 0.29) is 0 Å². The Balaban J connectivity index is 2.38. The van der Waals surface area contributed by atoms with Crippen LogP contribution in [-0.2, 0) is 9.53 Å². The molecule has 0 bridgehead atoms. The van der Waals surface area contributed by atoms with Gasteiger partial charge < -0.3 is 9.64 Å². The van der Waals surface area contributed by atoms with Gasteiger partial charge in [0.1, 0.15) is 0 Å². The van der Waals surface area contributed by atoms with Crippen LogP contribution < -0.4 is 0 Å². The molecule has 0 N–H and O–H groups in total. The molecule has 0 saturated carbocycles. The molecule has 0 aromatic carbocycles. The second-order valence-corrected chi connectivity index (χ2v) is 5.01. The SMILES string of the molecule is COCC(C)C[C@H]1CC(=O)N(C(C)C)C1. The zero-order valence-electron chi connectivity index (χ0n) is 10.3. The zero-order chi connectivity index (χ0) is 11.4. The highest BCUT2D eigenvalue weighted by Crippen LogP contribution is 2.25. The molecule has 1 unspecified atom stereocenters. The van der Waals surface area contributed by atoms with Crippen LogP contribution in [0.4, 0.5) is 0 Å². The molecule has 3 heteroatoms. The molecule has 15 heavy (non-hydrogen) atoms. The molecule has 0 aliphatic carbocycles. The largest absolute Gasteiger partial charge is 0.384 e. The normalized spacial score (nSPS) is 23.9. The predicted molar refractivity (Wildman–Crippen MR) is 60.6 cm³/mol. The molecule has 0 aromatic rings. The van der Waals surface area contributed by atoms with E-state index in [1.165, 1.54) is 0 Å². The highest BCUT2D eigenvalue weighted by molar-refractivity contribution is 5.78. The van der Waals surface area contributed by atoms with E-state index in [0.29, 0.717) is 23.8 Å². The number of amides is 1. The Hall–Kier alpha value is -0.570. The van der Waals surface area contributed by atoms with Crippen LogP contribution in [0.25, 0.3) is 0 Å². The second-order valence-electron chi connectivity index (χ2n) is 5.01. The lowest BCUT2D eigenvalue weighted by Gasteiger charge is -2.21. The summed E-state index contributed by atoms with van der Waals surface area (Å²) >= 11 is 0. The second kappa shape index (κ2) is 5.50. The van der Waals surface area contributed by atoms with Crippen LogP contribution in [0.1, 0.15) is 33.6 Å². The van der Waals surface area contributed by atoms with Crippen LogP contribution in [0.2, 0.25) is 0 Å². The van der Waals surface area contributed by atoms with Crippen molar-refractivity contribution in [3.05, 3.63) is 0 Å². The molecule has 0 aromatic heterocycles. The predicted octanol–water partition coefficient (Wildman–Crippen LogP) is 1.92. The molecular formula is C12H23NO2. The van der Waals surface area contributed by atoms with Crippen molar-refractivity contribution < 1.29 is 9.53 Å². The third kappa shape index (κ3) is 3.49. The average molecular weight is 213 g/mol. The van der Waals surface area contributed by atoms with Crippen LogP contribution in [-0.4, -0.2) is 37.1 Å². The third-order valence-corrected chi connectivity index (χ3v) is 3.05. The number of nitrogens with zero attached hydrogens (tertiary/aromatic N) is 1. The van der Waals surface area contributed by atoms with Crippen molar-refractivity contribution >= 4 is 5.91 Å². The molecule has 0 radical (unpaired) electrons. The monoisotopic (exact) mass is 213 g/mol.